The standard InChI is InChI=1S/C17H16F3NO3/c1-23-15-8-13(20)14(9-16(15)24-2)21-17(22)6-3-10-7-11(18)4-5-12(10)19/h4-5,7-9H,3,6H2,1-2H3,(H,21,22). The first kappa shape index (κ1) is 17.7. The number of hydrogen-bond acceptors (Lipinski definition) is 3. The van der Waals surface area contributed by atoms with E-state index in [9.17, 15) is 18.0 Å². The van der Waals surface area contributed by atoms with Gasteiger partial charge in [0, 0.05) is 18.6 Å². The van der Waals surface area contributed by atoms with E-state index in [1.165, 1.54) is 20.3 Å². The molecule has 7 heteroatoms. The van der Waals surface area contributed by atoms with E-state index in [1.54, 1.807) is 0 Å². The summed E-state index contributed by atoms with van der Waals surface area (Å²) in [6, 6.07) is 5.39. The molecule has 0 saturated heterocycles. The van der Waals surface area contributed by atoms with Gasteiger partial charge in [0.15, 0.2) is 17.3 Å². The molecular weight excluding hydrogens is 323 g/mol. The SMILES string of the molecule is COc1cc(F)c(NC(=O)CCc2cc(F)ccc2F)cc1OC. The van der Waals surface area contributed by atoms with Gasteiger partial charge in [0.05, 0.1) is 19.9 Å². The smallest absolute Gasteiger partial charge is 0.224 e. The Bertz CT molecular complexity index is 750. The van der Waals surface area contributed by atoms with Crippen molar-refractivity contribution in [2.24, 2.45) is 0 Å². The van der Waals surface area contributed by atoms with Crippen LogP contribution in [0.3, 0.4) is 0 Å². The Morgan fingerprint density at radius 2 is 1.67 bits per heavy atom. The first-order valence-electron chi connectivity index (χ1n) is 7.10. The van der Waals surface area contributed by atoms with Crippen molar-refractivity contribution in [2.45, 2.75) is 12.8 Å². The maximum Gasteiger partial charge on any atom is 0.224 e. The molecule has 0 radical (unpaired) electrons. The first-order valence-corrected chi connectivity index (χ1v) is 7.10. The van der Waals surface area contributed by atoms with Crippen LogP contribution < -0.4 is 14.8 Å². The molecule has 2 aromatic rings. The van der Waals surface area contributed by atoms with Crippen LogP contribution in [0.2, 0.25) is 0 Å². The molecule has 0 fully saturated rings. The fourth-order valence-corrected chi connectivity index (χ4v) is 2.15. The highest BCUT2D eigenvalue weighted by Gasteiger charge is 2.14. The minimum absolute atomic E-state index is 0.00959. The number of benzene rings is 2. The maximum atomic E-state index is 13.9. The Labute approximate surface area is 137 Å². The normalized spacial score (nSPS) is 10.4. The van der Waals surface area contributed by atoms with Gasteiger partial charge in [-0.3, -0.25) is 4.79 Å². The molecule has 0 bridgehead atoms. The number of anilines is 1. The van der Waals surface area contributed by atoms with Crippen LogP contribution in [-0.2, 0) is 11.2 Å². The van der Waals surface area contributed by atoms with Gasteiger partial charge in [0.1, 0.15) is 11.6 Å². The molecule has 1 N–H and O–H groups in total. The second-order valence-corrected chi connectivity index (χ2v) is 4.97. The second kappa shape index (κ2) is 7.72. The number of hydrogen-bond donors (Lipinski definition) is 1. The van der Waals surface area contributed by atoms with E-state index in [0.29, 0.717) is 0 Å². The fourth-order valence-electron chi connectivity index (χ4n) is 2.15. The molecule has 0 aliphatic rings. The van der Waals surface area contributed by atoms with Crippen molar-refractivity contribution in [1.82, 2.24) is 0 Å². The third-order valence-corrected chi connectivity index (χ3v) is 3.38. The summed E-state index contributed by atoms with van der Waals surface area (Å²) >= 11 is 0. The average molecular weight is 339 g/mol. The van der Waals surface area contributed by atoms with Gasteiger partial charge in [-0.15, -0.1) is 0 Å². The topological polar surface area (TPSA) is 47.6 Å². The summed E-state index contributed by atoms with van der Waals surface area (Å²) in [5, 5.41) is 2.37. The Morgan fingerprint density at radius 3 is 2.33 bits per heavy atom. The first-order chi connectivity index (χ1) is 11.4. The molecule has 0 aliphatic carbocycles. The van der Waals surface area contributed by atoms with E-state index < -0.39 is 23.4 Å². The zero-order valence-corrected chi connectivity index (χ0v) is 13.2. The number of nitrogens with one attached hydrogen (secondary N) is 1. The Hall–Kier alpha value is -2.70. The minimum Gasteiger partial charge on any atom is -0.493 e. The zero-order valence-electron chi connectivity index (χ0n) is 13.2. The van der Waals surface area contributed by atoms with Crippen LogP contribution in [-0.4, -0.2) is 20.1 Å². The van der Waals surface area contributed by atoms with E-state index in [4.69, 9.17) is 9.47 Å². The molecule has 1 amide bonds. The largest absolute Gasteiger partial charge is 0.493 e. The number of methoxy groups -OCH3 is 2. The molecule has 0 aromatic heterocycles. The number of halogens is 3. The van der Waals surface area contributed by atoms with E-state index in [1.807, 2.05) is 0 Å². The van der Waals surface area contributed by atoms with Crippen molar-refractivity contribution < 1.29 is 27.4 Å². The van der Waals surface area contributed by atoms with Crippen molar-refractivity contribution in [3.8, 4) is 11.5 Å². The highest BCUT2D eigenvalue weighted by molar-refractivity contribution is 5.91. The van der Waals surface area contributed by atoms with Gasteiger partial charge in [-0.2, -0.15) is 0 Å². The van der Waals surface area contributed by atoms with Gasteiger partial charge in [-0.1, -0.05) is 0 Å². The highest BCUT2D eigenvalue weighted by atomic mass is 19.1. The van der Waals surface area contributed by atoms with Crippen molar-refractivity contribution in [2.75, 3.05) is 19.5 Å². The quantitative estimate of drug-likeness (QED) is 0.873. The number of ether oxygens (including phenoxy) is 2. The number of aryl methyl sites for hydroxylation is 1. The third kappa shape index (κ3) is 4.18. The van der Waals surface area contributed by atoms with Crippen LogP contribution in [0, 0.1) is 17.5 Å². The summed E-state index contributed by atoms with van der Waals surface area (Å²) in [6.07, 6.45) is -0.140. The fraction of sp³-hybridized carbons (Fsp3) is 0.235. The highest BCUT2D eigenvalue weighted by Crippen LogP contribution is 2.32. The van der Waals surface area contributed by atoms with Gasteiger partial charge in [-0.25, -0.2) is 13.2 Å². The van der Waals surface area contributed by atoms with E-state index in [0.717, 1.165) is 24.3 Å². The summed E-state index contributed by atoms with van der Waals surface area (Å²) in [6.45, 7) is 0. The van der Waals surface area contributed by atoms with Gasteiger partial charge in [0.25, 0.3) is 0 Å². The van der Waals surface area contributed by atoms with Gasteiger partial charge in [0.2, 0.25) is 5.91 Å². The monoisotopic (exact) mass is 339 g/mol. The summed E-state index contributed by atoms with van der Waals surface area (Å²) < 4.78 is 50.5. The van der Waals surface area contributed by atoms with Crippen LogP contribution in [0.5, 0.6) is 11.5 Å². The number of carbonyl (C=O) groups excluding carboxylic acids is 1. The lowest BCUT2D eigenvalue weighted by molar-refractivity contribution is -0.116. The zero-order chi connectivity index (χ0) is 17.7. The lowest BCUT2D eigenvalue weighted by Gasteiger charge is -2.12. The lowest BCUT2D eigenvalue weighted by Crippen LogP contribution is -2.14. The van der Waals surface area contributed by atoms with Gasteiger partial charge in [-0.05, 0) is 30.2 Å². The molecule has 2 rings (SSSR count). The van der Waals surface area contributed by atoms with Gasteiger partial charge < -0.3 is 14.8 Å². The third-order valence-electron chi connectivity index (χ3n) is 3.38. The molecule has 2 aromatic carbocycles. The molecular formula is C17H16F3NO3. The number of carbonyl (C=O) groups is 1. The summed E-state index contributed by atoms with van der Waals surface area (Å²) in [5.41, 5.74) is -0.00435. The summed E-state index contributed by atoms with van der Waals surface area (Å²) in [5.74, 6) is -1.97. The summed E-state index contributed by atoms with van der Waals surface area (Å²) in [4.78, 5) is 11.9. The number of rotatable bonds is 6. The molecule has 0 unspecified atom stereocenters. The molecule has 24 heavy (non-hydrogen) atoms. The second-order valence-electron chi connectivity index (χ2n) is 4.97. The Balaban J connectivity index is 2.06. The summed E-state index contributed by atoms with van der Waals surface area (Å²) in [7, 11) is 2.75. The Kier molecular flexibility index (Phi) is 5.68. The molecule has 0 heterocycles. The predicted molar refractivity (Wildman–Crippen MR) is 82.8 cm³/mol. The van der Waals surface area contributed by atoms with Crippen LogP contribution in [0.4, 0.5) is 18.9 Å². The molecule has 128 valence electrons. The molecule has 0 aliphatic heterocycles. The van der Waals surface area contributed by atoms with Crippen molar-refractivity contribution in [3.63, 3.8) is 0 Å². The van der Waals surface area contributed by atoms with E-state index >= 15 is 0 Å². The number of amides is 1. The molecule has 4 nitrogen and oxygen atoms in total. The van der Waals surface area contributed by atoms with E-state index in [2.05, 4.69) is 5.32 Å². The van der Waals surface area contributed by atoms with Crippen molar-refractivity contribution >= 4 is 11.6 Å². The van der Waals surface area contributed by atoms with Gasteiger partial charge >= 0.3 is 0 Å². The van der Waals surface area contributed by atoms with Crippen LogP contribution in [0.1, 0.15) is 12.0 Å². The minimum atomic E-state index is -0.696. The molecule has 0 spiro atoms. The van der Waals surface area contributed by atoms with E-state index in [-0.39, 0.29) is 35.6 Å². The van der Waals surface area contributed by atoms with Crippen LogP contribution >= 0.6 is 0 Å². The van der Waals surface area contributed by atoms with Crippen molar-refractivity contribution in [3.05, 3.63) is 53.3 Å². The Morgan fingerprint density at radius 1 is 1.00 bits per heavy atom. The average Bonchev–Trinajstić information content (AvgIpc) is 2.57. The maximum absolute atomic E-state index is 13.9. The van der Waals surface area contributed by atoms with Crippen molar-refractivity contribution in [1.29, 1.82) is 0 Å². The lowest BCUT2D eigenvalue weighted by atomic mass is 10.1. The predicted octanol–water partition coefficient (Wildman–Crippen LogP) is 3.69. The van der Waals surface area contributed by atoms with Crippen LogP contribution in [0.15, 0.2) is 30.3 Å². The van der Waals surface area contributed by atoms with Crippen LogP contribution in [0.25, 0.3) is 0 Å². The molecule has 0 saturated carbocycles. The molecule has 0 atom stereocenters.